The van der Waals surface area contributed by atoms with Crippen molar-refractivity contribution >= 4 is 11.6 Å². The number of carbonyl (C=O) groups excluding carboxylic acids is 2. The van der Waals surface area contributed by atoms with Crippen molar-refractivity contribution < 1.29 is 9.59 Å². The maximum absolute atomic E-state index is 11.7. The summed E-state index contributed by atoms with van der Waals surface area (Å²) >= 11 is 0. The maximum atomic E-state index is 11.7. The second-order valence-corrected chi connectivity index (χ2v) is 5.25. The first-order valence-electron chi connectivity index (χ1n) is 5.75. The molecule has 3 rings (SSSR count). The monoisotopic (exact) mass is 192 g/mol. The van der Waals surface area contributed by atoms with Gasteiger partial charge in [-0.05, 0) is 30.6 Å². The molecule has 2 heteroatoms. The fraction of sp³-hybridized carbons (Fsp3) is 0.833. The summed E-state index contributed by atoms with van der Waals surface area (Å²) in [5.74, 6) is 2.83. The maximum Gasteiger partial charge on any atom is 0.136 e. The van der Waals surface area contributed by atoms with E-state index in [-0.39, 0.29) is 11.8 Å². The third kappa shape index (κ3) is 0.870. The Morgan fingerprint density at radius 1 is 0.929 bits per heavy atom. The number of rotatable bonds is 0. The summed E-state index contributed by atoms with van der Waals surface area (Å²) in [5, 5.41) is 0. The fourth-order valence-corrected chi connectivity index (χ4v) is 4.34. The van der Waals surface area contributed by atoms with Crippen molar-refractivity contribution in [2.45, 2.75) is 32.6 Å². The molecule has 2 nitrogen and oxygen atoms in total. The van der Waals surface area contributed by atoms with Gasteiger partial charge in [-0.1, -0.05) is 6.92 Å². The van der Waals surface area contributed by atoms with E-state index in [0.29, 0.717) is 29.3 Å². The van der Waals surface area contributed by atoms with Gasteiger partial charge < -0.3 is 0 Å². The van der Waals surface area contributed by atoms with E-state index in [1.54, 1.807) is 0 Å². The van der Waals surface area contributed by atoms with E-state index in [1.807, 2.05) is 0 Å². The van der Waals surface area contributed by atoms with Gasteiger partial charge in [-0.15, -0.1) is 0 Å². The van der Waals surface area contributed by atoms with Crippen molar-refractivity contribution in [1.29, 1.82) is 0 Å². The minimum atomic E-state index is 0.245. The molecule has 0 radical (unpaired) electrons. The minimum absolute atomic E-state index is 0.245. The van der Waals surface area contributed by atoms with Crippen LogP contribution in [-0.2, 0) is 9.59 Å². The Morgan fingerprint density at radius 2 is 1.36 bits per heavy atom. The van der Waals surface area contributed by atoms with Crippen LogP contribution in [0.2, 0.25) is 0 Å². The van der Waals surface area contributed by atoms with Gasteiger partial charge in [0.1, 0.15) is 11.6 Å². The number of fused-ring (bicyclic) bond motifs is 3. The van der Waals surface area contributed by atoms with Crippen LogP contribution in [0.25, 0.3) is 0 Å². The Morgan fingerprint density at radius 3 is 1.79 bits per heavy atom. The molecule has 1 unspecified atom stereocenters. The third-order valence-corrected chi connectivity index (χ3v) is 4.80. The van der Waals surface area contributed by atoms with E-state index in [1.165, 1.54) is 0 Å². The van der Waals surface area contributed by atoms with Gasteiger partial charge in [0.05, 0.1) is 0 Å². The van der Waals surface area contributed by atoms with Crippen LogP contribution < -0.4 is 0 Å². The molecule has 3 fully saturated rings. The lowest BCUT2D eigenvalue weighted by Crippen LogP contribution is -2.21. The van der Waals surface area contributed by atoms with Crippen molar-refractivity contribution in [1.82, 2.24) is 0 Å². The number of carbonyl (C=O) groups is 2. The van der Waals surface area contributed by atoms with Crippen molar-refractivity contribution in [3.8, 4) is 0 Å². The molecule has 0 aliphatic heterocycles. The minimum Gasteiger partial charge on any atom is -0.299 e. The first-order valence-corrected chi connectivity index (χ1v) is 5.75. The summed E-state index contributed by atoms with van der Waals surface area (Å²) in [6.07, 6.45) is 3.67. The third-order valence-electron chi connectivity index (χ3n) is 4.80. The molecule has 0 spiro atoms. The highest BCUT2D eigenvalue weighted by molar-refractivity contribution is 5.89. The second-order valence-electron chi connectivity index (χ2n) is 5.25. The molecule has 0 aromatic carbocycles. The highest BCUT2D eigenvalue weighted by atomic mass is 16.1. The van der Waals surface area contributed by atoms with Crippen LogP contribution in [0.3, 0.4) is 0 Å². The molecule has 0 N–H and O–H groups in total. The van der Waals surface area contributed by atoms with Crippen molar-refractivity contribution in [3.05, 3.63) is 0 Å². The Kier molecular flexibility index (Phi) is 1.65. The standard InChI is InChI=1S/C12H16O2/c1-6-11-7(2-4-9(11)13)8-3-5-10(14)12(6)8/h6-8,11-12H,2-5H2,1H3/t6?,7-,8+,11+,12-. The number of Topliss-reactive ketones (excluding diaryl/α,β-unsaturated/α-hetero) is 2. The predicted molar refractivity (Wildman–Crippen MR) is 51.6 cm³/mol. The molecule has 0 aromatic heterocycles. The lowest BCUT2D eigenvalue weighted by molar-refractivity contribution is -0.124. The Labute approximate surface area is 84.1 Å². The van der Waals surface area contributed by atoms with Gasteiger partial charge in [-0.25, -0.2) is 0 Å². The zero-order valence-corrected chi connectivity index (χ0v) is 8.53. The highest BCUT2D eigenvalue weighted by Gasteiger charge is 2.57. The predicted octanol–water partition coefficient (Wildman–Crippen LogP) is 1.83. The van der Waals surface area contributed by atoms with E-state index in [4.69, 9.17) is 0 Å². The van der Waals surface area contributed by atoms with Gasteiger partial charge in [-0.2, -0.15) is 0 Å². The molecule has 0 saturated heterocycles. The Balaban J connectivity index is 1.97. The van der Waals surface area contributed by atoms with Gasteiger partial charge in [0.2, 0.25) is 0 Å². The number of hydrogen-bond donors (Lipinski definition) is 0. The summed E-state index contributed by atoms with van der Waals surface area (Å²) < 4.78 is 0. The lowest BCUT2D eigenvalue weighted by Gasteiger charge is -2.15. The molecular formula is C12H16O2. The molecule has 0 amide bonds. The first-order chi connectivity index (χ1) is 6.70. The molecule has 0 heterocycles. The van der Waals surface area contributed by atoms with E-state index in [2.05, 4.69) is 6.92 Å². The van der Waals surface area contributed by atoms with Crippen LogP contribution in [0.4, 0.5) is 0 Å². The summed E-state index contributed by atoms with van der Waals surface area (Å²) in [7, 11) is 0. The van der Waals surface area contributed by atoms with Crippen LogP contribution in [0.15, 0.2) is 0 Å². The Hall–Kier alpha value is -0.660. The zero-order valence-electron chi connectivity index (χ0n) is 8.53. The summed E-state index contributed by atoms with van der Waals surface area (Å²) in [6, 6.07) is 0. The van der Waals surface area contributed by atoms with Crippen LogP contribution >= 0.6 is 0 Å². The molecule has 0 aromatic rings. The average molecular weight is 192 g/mol. The number of ketones is 2. The van der Waals surface area contributed by atoms with E-state index < -0.39 is 0 Å². The highest BCUT2D eigenvalue weighted by Crippen LogP contribution is 2.57. The lowest BCUT2D eigenvalue weighted by atomic mass is 9.87. The molecule has 5 atom stereocenters. The van der Waals surface area contributed by atoms with Crippen LogP contribution in [0, 0.1) is 29.6 Å². The van der Waals surface area contributed by atoms with Crippen molar-refractivity contribution in [2.24, 2.45) is 29.6 Å². The van der Waals surface area contributed by atoms with Gasteiger partial charge in [-0.3, -0.25) is 9.59 Å². The van der Waals surface area contributed by atoms with Gasteiger partial charge in [0, 0.05) is 24.7 Å². The summed E-state index contributed by atoms with van der Waals surface area (Å²) in [5.41, 5.74) is 0. The average Bonchev–Trinajstić information content (AvgIpc) is 2.74. The van der Waals surface area contributed by atoms with E-state index in [9.17, 15) is 9.59 Å². The second kappa shape index (κ2) is 2.68. The zero-order chi connectivity index (χ0) is 9.87. The van der Waals surface area contributed by atoms with Crippen molar-refractivity contribution in [3.63, 3.8) is 0 Å². The molecule has 3 aliphatic carbocycles. The topological polar surface area (TPSA) is 34.1 Å². The molecular weight excluding hydrogens is 176 g/mol. The van der Waals surface area contributed by atoms with Crippen molar-refractivity contribution in [2.75, 3.05) is 0 Å². The van der Waals surface area contributed by atoms with Crippen LogP contribution in [0.1, 0.15) is 32.6 Å². The number of hydrogen-bond acceptors (Lipinski definition) is 2. The molecule has 3 aliphatic rings. The molecule has 3 saturated carbocycles. The SMILES string of the molecule is CC1[C@H]2C(=O)CC[C@H]2[C@H]2CCC(=O)[C@@H]12. The summed E-state index contributed by atoms with van der Waals surface area (Å²) in [6.45, 7) is 2.12. The largest absolute Gasteiger partial charge is 0.299 e. The normalized spacial score (nSPS) is 51.1. The fourth-order valence-electron chi connectivity index (χ4n) is 4.34. The smallest absolute Gasteiger partial charge is 0.136 e. The molecule has 76 valence electrons. The van der Waals surface area contributed by atoms with Crippen LogP contribution in [0.5, 0.6) is 0 Å². The summed E-state index contributed by atoms with van der Waals surface area (Å²) in [4.78, 5) is 23.4. The molecule has 14 heavy (non-hydrogen) atoms. The molecule has 0 bridgehead atoms. The van der Waals surface area contributed by atoms with E-state index in [0.717, 1.165) is 25.7 Å². The van der Waals surface area contributed by atoms with Gasteiger partial charge >= 0.3 is 0 Å². The van der Waals surface area contributed by atoms with Gasteiger partial charge in [0.15, 0.2) is 0 Å². The van der Waals surface area contributed by atoms with Gasteiger partial charge in [0.25, 0.3) is 0 Å². The first kappa shape index (κ1) is 8.63. The quantitative estimate of drug-likeness (QED) is 0.586. The Bertz CT molecular complexity index is 277. The van der Waals surface area contributed by atoms with Crippen LogP contribution in [-0.4, -0.2) is 11.6 Å². The van der Waals surface area contributed by atoms with E-state index >= 15 is 0 Å².